The molecular weight excluding hydrogens is 134 g/mol. The summed E-state index contributed by atoms with van der Waals surface area (Å²) in [4.78, 5) is 0. The highest BCUT2D eigenvalue weighted by molar-refractivity contribution is 7.03. The van der Waals surface area contributed by atoms with Crippen molar-refractivity contribution in [1.29, 1.82) is 0 Å². The third-order valence-electron chi connectivity index (χ3n) is 1.60. The molecule has 3 nitrogen and oxygen atoms in total. The van der Waals surface area contributed by atoms with E-state index in [2.05, 4.69) is 9.59 Å². The molecule has 2 atom stereocenters. The largest absolute Gasteiger partial charge is 0.327 e. The van der Waals surface area contributed by atoms with Crippen molar-refractivity contribution in [3.63, 3.8) is 0 Å². The zero-order chi connectivity index (χ0) is 6.27. The van der Waals surface area contributed by atoms with Crippen LogP contribution in [0.4, 0.5) is 0 Å². The Hall–Kier alpha value is -0.480. The predicted octanol–water partition coefficient (Wildman–Crippen LogP) is 0.353. The Balaban J connectivity index is 2.18. The molecule has 1 aromatic heterocycles. The minimum atomic E-state index is 0.355. The summed E-state index contributed by atoms with van der Waals surface area (Å²) in [5, 5.41) is 5.89. The van der Waals surface area contributed by atoms with E-state index in [-0.39, 0.29) is 0 Å². The average molecular weight is 141 g/mol. The van der Waals surface area contributed by atoms with E-state index in [1.807, 2.05) is 5.38 Å². The molecule has 1 fully saturated rings. The number of nitrogens with zero attached hydrogens (tertiary/aromatic N) is 2. The van der Waals surface area contributed by atoms with Gasteiger partial charge in [0.05, 0.1) is 5.69 Å². The third-order valence-corrected chi connectivity index (χ3v) is 2.12. The van der Waals surface area contributed by atoms with Crippen molar-refractivity contribution in [2.24, 2.45) is 5.73 Å². The van der Waals surface area contributed by atoms with Gasteiger partial charge in [0.15, 0.2) is 0 Å². The molecule has 1 heterocycles. The highest BCUT2D eigenvalue weighted by Gasteiger charge is 2.36. The zero-order valence-electron chi connectivity index (χ0n) is 4.82. The normalized spacial score (nSPS) is 32.6. The molecule has 1 aromatic rings. The maximum atomic E-state index is 5.59. The predicted molar refractivity (Wildman–Crippen MR) is 35.2 cm³/mol. The number of nitrogens with two attached hydrogens (primary N) is 1. The minimum absolute atomic E-state index is 0.355. The van der Waals surface area contributed by atoms with Gasteiger partial charge in [0.1, 0.15) is 0 Å². The lowest BCUT2D eigenvalue weighted by atomic mass is 10.3. The van der Waals surface area contributed by atoms with E-state index in [0.29, 0.717) is 12.0 Å². The van der Waals surface area contributed by atoms with Gasteiger partial charge in [-0.25, -0.2) is 0 Å². The van der Waals surface area contributed by atoms with Gasteiger partial charge in [0, 0.05) is 17.3 Å². The molecule has 2 N–H and O–H groups in total. The van der Waals surface area contributed by atoms with Crippen molar-refractivity contribution >= 4 is 11.5 Å². The Bertz CT molecular complexity index is 196. The second-order valence-corrected chi connectivity index (χ2v) is 2.95. The average Bonchev–Trinajstić information content (AvgIpc) is 2.44. The Kier molecular flexibility index (Phi) is 1.03. The van der Waals surface area contributed by atoms with Crippen LogP contribution in [-0.4, -0.2) is 15.6 Å². The molecule has 0 amide bonds. The molecule has 0 bridgehead atoms. The summed E-state index contributed by atoms with van der Waals surface area (Å²) in [6.45, 7) is 0. The second-order valence-electron chi connectivity index (χ2n) is 2.34. The van der Waals surface area contributed by atoms with Gasteiger partial charge in [0.2, 0.25) is 0 Å². The lowest BCUT2D eigenvalue weighted by Gasteiger charge is -1.83. The van der Waals surface area contributed by atoms with Gasteiger partial charge in [-0.05, 0) is 18.0 Å². The number of hydrogen-bond acceptors (Lipinski definition) is 4. The molecule has 2 unspecified atom stereocenters. The third kappa shape index (κ3) is 0.840. The van der Waals surface area contributed by atoms with Crippen molar-refractivity contribution in [3.8, 4) is 0 Å². The van der Waals surface area contributed by atoms with Gasteiger partial charge in [0.25, 0.3) is 0 Å². The van der Waals surface area contributed by atoms with Crippen LogP contribution in [0.5, 0.6) is 0 Å². The van der Waals surface area contributed by atoms with Gasteiger partial charge < -0.3 is 5.73 Å². The lowest BCUT2D eigenvalue weighted by molar-refractivity contribution is 0.925. The fourth-order valence-corrected chi connectivity index (χ4v) is 1.41. The van der Waals surface area contributed by atoms with Crippen LogP contribution in [0.3, 0.4) is 0 Å². The van der Waals surface area contributed by atoms with Crippen LogP contribution in [0.25, 0.3) is 0 Å². The maximum absolute atomic E-state index is 5.59. The first-order valence-corrected chi connectivity index (χ1v) is 3.74. The molecule has 0 spiro atoms. The molecule has 0 saturated heterocycles. The van der Waals surface area contributed by atoms with Crippen molar-refractivity contribution in [3.05, 3.63) is 11.1 Å². The van der Waals surface area contributed by atoms with E-state index in [1.165, 1.54) is 11.5 Å². The topological polar surface area (TPSA) is 51.8 Å². The molecule has 1 aliphatic carbocycles. The Morgan fingerprint density at radius 3 is 3.00 bits per heavy atom. The highest BCUT2D eigenvalue weighted by Crippen LogP contribution is 2.37. The first-order valence-electron chi connectivity index (χ1n) is 2.90. The zero-order valence-corrected chi connectivity index (χ0v) is 5.64. The second kappa shape index (κ2) is 1.75. The summed E-state index contributed by atoms with van der Waals surface area (Å²) in [6.07, 6.45) is 1.09. The summed E-state index contributed by atoms with van der Waals surface area (Å²) in [5.74, 6) is 0.517. The molecule has 1 saturated carbocycles. The van der Waals surface area contributed by atoms with Crippen LogP contribution in [0.15, 0.2) is 5.38 Å². The first kappa shape index (κ1) is 5.32. The van der Waals surface area contributed by atoms with Gasteiger partial charge in [-0.3, -0.25) is 0 Å². The van der Waals surface area contributed by atoms with Crippen LogP contribution < -0.4 is 5.73 Å². The van der Waals surface area contributed by atoms with Gasteiger partial charge >= 0.3 is 0 Å². The van der Waals surface area contributed by atoms with Crippen LogP contribution in [0.1, 0.15) is 18.0 Å². The summed E-state index contributed by atoms with van der Waals surface area (Å²) in [7, 11) is 0. The quantitative estimate of drug-likeness (QED) is 0.614. The van der Waals surface area contributed by atoms with Gasteiger partial charge in [-0.2, -0.15) is 0 Å². The highest BCUT2D eigenvalue weighted by atomic mass is 32.1. The summed E-state index contributed by atoms with van der Waals surface area (Å²) in [5.41, 5.74) is 6.67. The van der Waals surface area contributed by atoms with E-state index >= 15 is 0 Å². The Labute approximate surface area is 57.0 Å². The molecule has 0 aromatic carbocycles. The SMILES string of the molecule is NC1CC1c1csnn1. The van der Waals surface area contributed by atoms with Crippen molar-refractivity contribution in [2.45, 2.75) is 18.4 Å². The summed E-state index contributed by atoms with van der Waals surface area (Å²) in [6, 6.07) is 0.355. The molecule has 1 aliphatic rings. The fraction of sp³-hybridized carbons (Fsp3) is 0.600. The van der Waals surface area contributed by atoms with E-state index in [1.54, 1.807) is 0 Å². The molecule has 0 radical (unpaired) electrons. The number of hydrogen-bond donors (Lipinski definition) is 1. The minimum Gasteiger partial charge on any atom is -0.327 e. The van der Waals surface area contributed by atoms with Crippen LogP contribution in [0, 0.1) is 0 Å². The molecule has 48 valence electrons. The summed E-state index contributed by atoms with van der Waals surface area (Å²) < 4.78 is 3.75. The van der Waals surface area contributed by atoms with Crippen LogP contribution >= 0.6 is 11.5 Å². The van der Waals surface area contributed by atoms with Crippen molar-refractivity contribution < 1.29 is 0 Å². The first-order chi connectivity index (χ1) is 4.38. The summed E-state index contributed by atoms with van der Waals surface area (Å²) >= 11 is 1.39. The van der Waals surface area contributed by atoms with Crippen LogP contribution in [-0.2, 0) is 0 Å². The monoisotopic (exact) mass is 141 g/mol. The molecular formula is C5H7N3S. The van der Waals surface area contributed by atoms with E-state index in [4.69, 9.17) is 5.73 Å². The van der Waals surface area contributed by atoms with Gasteiger partial charge in [-0.15, -0.1) is 5.10 Å². The molecule has 2 rings (SSSR count). The van der Waals surface area contributed by atoms with E-state index < -0.39 is 0 Å². The number of rotatable bonds is 1. The van der Waals surface area contributed by atoms with E-state index in [9.17, 15) is 0 Å². The molecule has 9 heavy (non-hydrogen) atoms. The Morgan fingerprint density at radius 2 is 2.56 bits per heavy atom. The lowest BCUT2D eigenvalue weighted by Crippen LogP contribution is -2.00. The fourth-order valence-electron chi connectivity index (χ4n) is 0.888. The van der Waals surface area contributed by atoms with E-state index in [0.717, 1.165) is 12.1 Å². The molecule has 4 heteroatoms. The Morgan fingerprint density at radius 1 is 1.78 bits per heavy atom. The standard InChI is InChI=1S/C5H7N3S/c6-4-1-3(4)5-2-9-8-7-5/h2-4H,1,6H2. The maximum Gasteiger partial charge on any atom is 0.0802 e. The number of aromatic nitrogens is 2. The molecule has 0 aliphatic heterocycles. The van der Waals surface area contributed by atoms with Crippen molar-refractivity contribution in [1.82, 2.24) is 9.59 Å². The smallest absolute Gasteiger partial charge is 0.0802 e. The van der Waals surface area contributed by atoms with Crippen LogP contribution in [0.2, 0.25) is 0 Å². The van der Waals surface area contributed by atoms with Gasteiger partial charge in [-0.1, -0.05) is 4.49 Å². The van der Waals surface area contributed by atoms with Crippen molar-refractivity contribution in [2.75, 3.05) is 0 Å².